The smallest absolute Gasteiger partial charge is 0.305 e. The lowest BCUT2D eigenvalue weighted by Crippen LogP contribution is -2.23. The highest BCUT2D eigenvalue weighted by Crippen LogP contribution is 2.20. The van der Waals surface area contributed by atoms with Gasteiger partial charge in [-0.3, -0.25) is 4.79 Å². The Morgan fingerprint density at radius 3 is 2.29 bits per heavy atom. The van der Waals surface area contributed by atoms with Crippen LogP contribution < -0.4 is 0 Å². The predicted octanol–water partition coefficient (Wildman–Crippen LogP) is 2.37. The number of rotatable bonds is 4. The third-order valence-electron chi connectivity index (χ3n) is 1.57. The summed E-state index contributed by atoms with van der Waals surface area (Å²) in [6.07, 6.45) is 0.460. The molecule has 0 aromatic heterocycles. The lowest BCUT2D eigenvalue weighted by atomic mass is 9.89. The molecule has 0 aliphatic carbocycles. The van der Waals surface area contributed by atoms with Crippen LogP contribution in [0.4, 0.5) is 0 Å². The molecule has 0 saturated heterocycles. The number of aliphatic hydroxyl groups is 1. The fourth-order valence-electron chi connectivity index (χ4n) is 1.06. The van der Waals surface area contributed by atoms with Crippen LogP contribution in [0.25, 0.3) is 0 Å². The Labute approximate surface area is 87.5 Å². The Hall–Kier alpha value is -0.570. The maximum atomic E-state index is 10.7. The van der Waals surface area contributed by atoms with E-state index in [0.29, 0.717) is 12.8 Å². The van der Waals surface area contributed by atoms with Crippen LogP contribution in [0.3, 0.4) is 0 Å². The van der Waals surface area contributed by atoms with E-state index < -0.39 is 6.10 Å². The van der Waals surface area contributed by atoms with Gasteiger partial charge in [0, 0.05) is 6.42 Å². The van der Waals surface area contributed by atoms with Crippen molar-refractivity contribution in [3.05, 3.63) is 0 Å². The third-order valence-corrected chi connectivity index (χ3v) is 1.57. The van der Waals surface area contributed by atoms with Crippen LogP contribution in [0.1, 0.15) is 48.0 Å². The molecule has 0 fully saturated rings. The average Bonchev–Trinajstić information content (AvgIpc) is 1.97. The second-order valence-corrected chi connectivity index (χ2v) is 4.46. The average molecular weight is 204 g/mol. The van der Waals surface area contributed by atoms with E-state index in [1.54, 1.807) is 6.92 Å². The molecule has 0 bridgehead atoms. The Morgan fingerprint density at radius 1 is 1.43 bits per heavy atom. The van der Waals surface area contributed by atoms with Gasteiger partial charge in [-0.05, 0) is 11.8 Å². The summed E-state index contributed by atoms with van der Waals surface area (Å²) in [7, 11) is 0. The molecular weight excluding hydrogens is 180 g/mol. The Kier molecular flexibility index (Phi) is 7.74. The fourth-order valence-corrected chi connectivity index (χ4v) is 1.06. The van der Waals surface area contributed by atoms with Crippen LogP contribution in [0.15, 0.2) is 0 Å². The lowest BCUT2D eigenvalue weighted by molar-refractivity contribution is -0.146. The van der Waals surface area contributed by atoms with Gasteiger partial charge in [-0.15, -0.1) is 0 Å². The normalized spacial score (nSPS) is 12.9. The van der Waals surface area contributed by atoms with Gasteiger partial charge in [0.25, 0.3) is 0 Å². The van der Waals surface area contributed by atoms with E-state index in [-0.39, 0.29) is 25.4 Å². The van der Waals surface area contributed by atoms with E-state index in [1.165, 1.54) is 0 Å². The molecular formula is C11H24O3. The largest absolute Gasteiger partial charge is 0.463 e. The number of hydrogen-bond acceptors (Lipinski definition) is 3. The van der Waals surface area contributed by atoms with E-state index in [4.69, 9.17) is 4.74 Å². The molecule has 0 rings (SSSR count). The monoisotopic (exact) mass is 204 g/mol. The van der Waals surface area contributed by atoms with Crippen molar-refractivity contribution >= 4 is 5.97 Å². The van der Waals surface area contributed by atoms with E-state index in [1.807, 2.05) is 20.8 Å². The molecule has 0 amide bonds. The summed E-state index contributed by atoms with van der Waals surface area (Å²) >= 11 is 0. The van der Waals surface area contributed by atoms with Crippen LogP contribution in [0.5, 0.6) is 0 Å². The third kappa shape index (κ3) is 9.52. The van der Waals surface area contributed by atoms with Gasteiger partial charge in [0.1, 0.15) is 6.61 Å². The van der Waals surface area contributed by atoms with Crippen molar-refractivity contribution in [1.82, 2.24) is 0 Å². The van der Waals surface area contributed by atoms with E-state index in [2.05, 4.69) is 0 Å². The quantitative estimate of drug-likeness (QED) is 0.715. The van der Waals surface area contributed by atoms with Gasteiger partial charge in [0.2, 0.25) is 0 Å². The van der Waals surface area contributed by atoms with Crippen LogP contribution in [-0.2, 0) is 9.53 Å². The van der Waals surface area contributed by atoms with Crippen molar-refractivity contribution in [1.29, 1.82) is 0 Å². The topological polar surface area (TPSA) is 46.5 Å². The number of aliphatic hydroxyl groups excluding tert-OH is 1. The van der Waals surface area contributed by atoms with Gasteiger partial charge in [-0.2, -0.15) is 0 Å². The molecule has 0 aromatic carbocycles. The predicted molar refractivity (Wildman–Crippen MR) is 58.1 cm³/mol. The van der Waals surface area contributed by atoms with Crippen molar-refractivity contribution in [2.24, 2.45) is 5.41 Å². The van der Waals surface area contributed by atoms with Gasteiger partial charge in [0.15, 0.2) is 0 Å². The van der Waals surface area contributed by atoms with Crippen molar-refractivity contribution in [2.45, 2.75) is 54.1 Å². The molecule has 0 radical (unpaired) electrons. The first-order valence-electron chi connectivity index (χ1n) is 4.69. The van der Waals surface area contributed by atoms with Gasteiger partial charge in [-0.25, -0.2) is 0 Å². The molecule has 1 atom stereocenters. The minimum absolute atomic E-state index is 0. The van der Waals surface area contributed by atoms with E-state index in [0.717, 1.165) is 0 Å². The standard InChI is InChI=1S/C10H20O3.CH4/c1-5-9(12)13-7-8(11)6-10(2,3)4;/h8,11H,5-7H2,1-4H3;1H4. The summed E-state index contributed by atoms with van der Waals surface area (Å²) < 4.78 is 4.81. The minimum atomic E-state index is -0.546. The number of carbonyl (C=O) groups excluding carboxylic acids is 1. The summed E-state index contributed by atoms with van der Waals surface area (Å²) in [4.78, 5) is 10.7. The minimum Gasteiger partial charge on any atom is -0.463 e. The highest BCUT2D eigenvalue weighted by atomic mass is 16.5. The molecule has 0 saturated carbocycles. The maximum Gasteiger partial charge on any atom is 0.305 e. The summed E-state index contributed by atoms with van der Waals surface area (Å²) in [6, 6.07) is 0. The lowest BCUT2D eigenvalue weighted by Gasteiger charge is -2.21. The van der Waals surface area contributed by atoms with Gasteiger partial charge in [0.05, 0.1) is 6.10 Å². The summed E-state index contributed by atoms with van der Waals surface area (Å²) in [5.41, 5.74) is 0.0675. The van der Waals surface area contributed by atoms with Crippen molar-refractivity contribution in [2.75, 3.05) is 6.61 Å². The second kappa shape index (κ2) is 6.82. The molecule has 0 spiro atoms. The van der Waals surface area contributed by atoms with Crippen LogP contribution in [-0.4, -0.2) is 23.8 Å². The van der Waals surface area contributed by atoms with E-state index >= 15 is 0 Å². The highest BCUT2D eigenvalue weighted by Gasteiger charge is 2.17. The van der Waals surface area contributed by atoms with Crippen LogP contribution in [0.2, 0.25) is 0 Å². The zero-order valence-electron chi connectivity index (χ0n) is 8.96. The molecule has 0 aromatic rings. The zero-order valence-corrected chi connectivity index (χ0v) is 8.96. The van der Waals surface area contributed by atoms with Crippen LogP contribution in [0, 0.1) is 5.41 Å². The molecule has 3 heteroatoms. The second-order valence-electron chi connectivity index (χ2n) is 4.46. The first-order valence-corrected chi connectivity index (χ1v) is 4.69. The van der Waals surface area contributed by atoms with Crippen molar-refractivity contribution in [3.63, 3.8) is 0 Å². The highest BCUT2D eigenvalue weighted by molar-refractivity contribution is 5.68. The number of hydrogen-bond donors (Lipinski definition) is 1. The molecule has 86 valence electrons. The summed E-state index contributed by atoms with van der Waals surface area (Å²) in [5.74, 6) is -0.257. The summed E-state index contributed by atoms with van der Waals surface area (Å²) in [5, 5.41) is 9.45. The molecule has 1 unspecified atom stereocenters. The number of ether oxygens (including phenoxy) is 1. The first kappa shape index (κ1) is 15.9. The Bertz CT molecular complexity index is 158. The Morgan fingerprint density at radius 2 is 1.93 bits per heavy atom. The molecule has 0 heterocycles. The van der Waals surface area contributed by atoms with Crippen molar-refractivity contribution < 1.29 is 14.6 Å². The number of esters is 1. The number of carbonyl (C=O) groups is 1. The van der Waals surface area contributed by atoms with Crippen molar-refractivity contribution in [3.8, 4) is 0 Å². The van der Waals surface area contributed by atoms with E-state index in [9.17, 15) is 9.90 Å². The molecule has 14 heavy (non-hydrogen) atoms. The van der Waals surface area contributed by atoms with Crippen LogP contribution >= 0.6 is 0 Å². The molecule has 1 N–H and O–H groups in total. The Balaban J connectivity index is 0. The summed E-state index contributed by atoms with van der Waals surface area (Å²) in [6.45, 7) is 7.97. The van der Waals surface area contributed by atoms with Gasteiger partial charge < -0.3 is 9.84 Å². The van der Waals surface area contributed by atoms with Gasteiger partial charge >= 0.3 is 5.97 Å². The van der Waals surface area contributed by atoms with Gasteiger partial charge in [-0.1, -0.05) is 35.1 Å². The first-order chi connectivity index (χ1) is 5.85. The SMILES string of the molecule is C.CCC(=O)OCC(O)CC(C)(C)C. The molecule has 0 aliphatic rings. The molecule has 3 nitrogen and oxygen atoms in total. The maximum absolute atomic E-state index is 10.7. The fraction of sp³-hybridized carbons (Fsp3) is 0.909. The molecule has 0 aliphatic heterocycles. The zero-order chi connectivity index (χ0) is 10.5.